The molecule has 1 N–H and O–H groups in total. The van der Waals surface area contributed by atoms with E-state index in [1.807, 2.05) is 22.7 Å². The lowest BCUT2D eigenvalue weighted by molar-refractivity contribution is 0.406. The first-order valence-electron chi connectivity index (χ1n) is 6.94. The lowest BCUT2D eigenvalue weighted by atomic mass is 9.98. The molecule has 100 valence electrons. The largest absolute Gasteiger partial charge is 0.309 e. The lowest BCUT2D eigenvalue weighted by Gasteiger charge is -2.20. The minimum atomic E-state index is 0.546. The molecule has 0 spiro atoms. The molecule has 0 fully saturated rings. The Morgan fingerprint density at radius 1 is 1.28 bits per heavy atom. The fourth-order valence-corrected chi connectivity index (χ4v) is 4.35. The van der Waals surface area contributed by atoms with Gasteiger partial charge in [0.15, 0.2) is 0 Å². The quantitative estimate of drug-likeness (QED) is 0.712. The topological polar surface area (TPSA) is 12.0 Å². The Bertz CT molecular complexity index is 443. The predicted molar refractivity (Wildman–Crippen MR) is 84.8 cm³/mol. The Morgan fingerprint density at radius 3 is 2.78 bits per heavy atom. The molecule has 0 amide bonds. The smallest absolute Gasteiger partial charge is 0.0454 e. The second kappa shape index (κ2) is 6.69. The zero-order chi connectivity index (χ0) is 13.0. The summed E-state index contributed by atoms with van der Waals surface area (Å²) in [5, 5.41) is 5.91. The van der Waals surface area contributed by atoms with Crippen LogP contribution in [-0.4, -0.2) is 6.54 Å². The van der Waals surface area contributed by atoms with Crippen LogP contribution in [0.3, 0.4) is 0 Å². The molecule has 0 aliphatic rings. The highest BCUT2D eigenvalue weighted by molar-refractivity contribution is 7.26. The van der Waals surface area contributed by atoms with Gasteiger partial charge in [0.2, 0.25) is 0 Å². The molecule has 2 rings (SSSR count). The van der Waals surface area contributed by atoms with Gasteiger partial charge in [-0.15, -0.1) is 22.7 Å². The molecule has 0 radical (unpaired) electrons. The van der Waals surface area contributed by atoms with Crippen molar-refractivity contribution in [3.63, 3.8) is 0 Å². The molecule has 0 saturated heterocycles. The van der Waals surface area contributed by atoms with E-state index in [0.717, 1.165) is 12.5 Å². The summed E-state index contributed by atoms with van der Waals surface area (Å²) in [5.74, 6) is 0.791. The predicted octanol–water partition coefficient (Wildman–Crippen LogP) is 5.44. The lowest BCUT2D eigenvalue weighted by Crippen LogP contribution is -2.23. The van der Waals surface area contributed by atoms with E-state index in [0.29, 0.717) is 6.04 Å². The first-order chi connectivity index (χ1) is 8.74. The Labute approximate surface area is 118 Å². The molecular formula is C15H23NS2. The number of nitrogens with one attached hydrogen (secondary N) is 1. The summed E-state index contributed by atoms with van der Waals surface area (Å²) in [4.78, 5) is 1.52. The number of hydrogen-bond acceptors (Lipinski definition) is 3. The molecule has 18 heavy (non-hydrogen) atoms. The molecule has 0 saturated carbocycles. The minimum Gasteiger partial charge on any atom is -0.309 e. The van der Waals surface area contributed by atoms with Crippen LogP contribution < -0.4 is 5.32 Å². The van der Waals surface area contributed by atoms with Gasteiger partial charge in [-0.25, -0.2) is 0 Å². The van der Waals surface area contributed by atoms with E-state index in [1.54, 1.807) is 0 Å². The summed E-state index contributed by atoms with van der Waals surface area (Å²) in [7, 11) is 0. The zero-order valence-electron chi connectivity index (χ0n) is 11.5. The second-order valence-corrected chi connectivity index (χ2v) is 7.12. The van der Waals surface area contributed by atoms with Crippen molar-refractivity contribution in [3.8, 4) is 0 Å². The Kier molecular flexibility index (Phi) is 5.22. The van der Waals surface area contributed by atoms with Crippen LogP contribution in [0.5, 0.6) is 0 Å². The normalized spacial score (nSPS) is 15.1. The van der Waals surface area contributed by atoms with E-state index >= 15 is 0 Å². The van der Waals surface area contributed by atoms with Crippen molar-refractivity contribution in [1.29, 1.82) is 0 Å². The van der Waals surface area contributed by atoms with Gasteiger partial charge in [-0.05, 0) is 42.8 Å². The number of hydrogen-bond donors (Lipinski definition) is 1. The molecule has 2 heterocycles. The van der Waals surface area contributed by atoms with Crippen molar-refractivity contribution < 1.29 is 0 Å². The number of fused-ring (bicyclic) bond motifs is 1. The molecule has 2 aromatic heterocycles. The van der Waals surface area contributed by atoms with Gasteiger partial charge in [0, 0.05) is 20.3 Å². The third-order valence-corrected chi connectivity index (χ3v) is 5.68. The molecule has 2 unspecified atom stereocenters. The first-order valence-corrected chi connectivity index (χ1v) is 8.64. The summed E-state index contributed by atoms with van der Waals surface area (Å²) in [6, 6.07) is 5.18. The Hall–Kier alpha value is -0.380. The highest BCUT2D eigenvalue weighted by atomic mass is 32.1. The van der Waals surface area contributed by atoms with Crippen LogP contribution in [0.2, 0.25) is 0 Å². The third kappa shape index (κ3) is 3.34. The van der Waals surface area contributed by atoms with Crippen LogP contribution in [0.1, 0.15) is 51.0 Å². The number of thiophene rings is 2. The van der Waals surface area contributed by atoms with E-state index in [9.17, 15) is 0 Å². The third-order valence-electron chi connectivity index (χ3n) is 3.48. The average molecular weight is 281 g/mol. The maximum absolute atomic E-state index is 3.72. The summed E-state index contributed by atoms with van der Waals surface area (Å²) in [5.41, 5.74) is 0. The minimum absolute atomic E-state index is 0.546. The van der Waals surface area contributed by atoms with Gasteiger partial charge in [0.1, 0.15) is 0 Å². The van der Waals surface area contributed by atoms with Gasteiger partial charge in [0.25, 0.3) is 0 Å². The summed E-state index contributed by atoms with van der Waals surface area (Å²) < 4.78 is 2.89. The van der Waals surface area contributed by atoms with Gasteiger partial charge < -0.3 is 5.32 Å². The van der Waals surface area contributed by atoms with Gasteiger partial charge >= 0.3 is 0 Å². The summed E-state index contributed by atoms with van der Waals surface area (Å²) >= 11 is 3.82. The van der Waals surface area contributed by atoms with Gasteiger partial charge in [0.05, 0.1) is 0 Å². The van der Waals surface area contributed by atoms with Crippen LogP contribution in [0.25, 0.3) is 9.40 Å². The first kappa shape index (κ1) is 14.0. The zero-order valence-corrected chi connectivity index (χ0v) is 13.2. The van der Waals surface area contributed by atoms with E-state index in [1.165, 1.54) is 33.5 Å². The molecule has 0 aromatic carbocycles. The Balaban J connectivity index is 2.13. The van der Waals surface area contributed by atoms with Crippen LogP contribution in [0, 0.1) is 5.92 Å². The monoisotopic (exact) mass is 281 g/mol. The van der Waals surface area contributed by atoms with Crippen molar-refractivity contribution in [2.24, 2.45) is 5.92 Å². The molecule has 3 heteroatoms. The SMILES string of the molecule is CCCNC(CC(C)CC)c1cc2sccc2s1. The van der Waals surface area contributed by atoms with Crippen molar-refractivity contribution >= 4 is 32.1 Å². The second-order valence-electron chi connectivity index (χ2n) is 5.05. The van der Waals surface area contributed by atoms with Crippen molar-refractivity contribution in [2.75, 3.05) is 6.54 Å². The fraction of sp³-hybridized carbons (Fsp3) is 0.600. The number of rotatable bonds is 7. The standard InChI is InChI=1S/C15H23NS2/c1-4-7-16-12(9-11(3)5-2)14-10-15-13(18-14)6-8-17-15/h6,8,10-12,16H,4-5,7,9H2,1-3H3. The van der Waals surface area contributed by atoms with Crippen molar-refractivity contribution in [3.05, 3.63) is 22.4 Å². The van der Waals surface area contributed by atoms with Gasteiger partial charge in [-0.2, -0.15) is 0 Å². The highest BCUT2D eigenvalue weighted by Gasteiger charge is 2.16. The highest BCUT2D eigenvalue weighted by Crippen LogP contribution is 2.35. The molecule has 0 aliphatic heterocycles. The van der Waals surface area contributed by atoms with Gasteiger partial charge in [-0.3, -0.25) is 0 Å². The van der Waals surface area contributed by atoms with Crippen molar-refractivity contribution in [2.45, 2.75) is 46.1 Å². The molecule has 0 aliphatic carbocycles. The van der Waals surface area contributed by atoms with Crippen LogP contribution in [-0.2, 0) is 0 Å². The fourth-order valence-electron chi connectivity index (χ4n) is 2.14. The van der Waals surface area contributed by atoms with Crippen LogP contribution in [0.15, 0.2) is 17.5 Å². The van der Waals surface area contributed by atoms with E-state index < -0.39 is 0 Å². The maximum Gasteiger partial charge on any atom is 0.0454 e. The van der Waals surface area contributed by atoms with E-state index in [-0.39, 0.29) is 0 Å². The summed E-state index contributed by atoms with van der Waals surface area (Å²) in [6.07, 6.45) is 3.73. The van der Waals surface area contributed by atoms with E-state index in [4.69, 9.17) is 0 Å². The molecule has 0 bridgehead atoms. The molecule has 2 atom stereocenters. The van der Waals surface area contributed by atoms with Crippen LogP contribution in [0.4, 0.5) is 0 Å². The molecular weight excluding hydrogens is 258 g/mol. The summed E-state index contributed by atoms with van der Waals surface area (Å²) in [6.45, 7) is 8.00. The Morgan fingerprint density at radius 2 is 2.11 bits per heavy atom. The van der Waals surface area contributed by atoms with Crippen molar-refractivity contribution in [1.82, 2.24) is 5.32 Å². The average Bonchev–Trinajstić information content (AvgIpc) is 2.94. The molecule has 1 nitrogen and oxygen atoms in total. The maximum atomic E-state index is 3.72. The van der Waals surface area contributed by atoms with Crippen LogP contribution >= 0.6 is 22.7 Å². The molecule has 2 aromatic rings. The van der Waals surface area contributed by atoms with Gasteiger partial charge in [-0.1, -0.05) is 27.2 Å². The van der Waals surface area contributed by atoms with E-state index in [2.05, 4.69) is 43.6 Å².